The third-order valence-corrected chi connectivity index (χ3v) is 11.7. The molecule has 0 saturated carbocycles. The zero-order valence-corrected chi connectivity index (χ0v) is 39.2. The van der Waals surface area contributed by atoms with Crippen molar-refractivity contribution in [2.75, 3.05) is 13.2 Å². The van der Waals surface area contributed by atoms with Gasteiger partial charge in [-0.05, 0) is 89.9 Å². The van der Waals surface area contributed by atoms with Crippen LogP contribution in [0.25, 0.3) is 0 Å². The highest BCUT2D eigenvalue weighted by atomic mass is 16.5. The minimum absolute atomic E-state index is 0.0254. The number of aliphatic hydroxyl groups excluding tert-OH is 2. The van der Waals surface area contributed by atoms with Crippen molar-refractivity contribution in [1.82, 2.24) is 5.32 Å². The third kappa shape index (κ3) is 45.4. The van der Waals surface area contributed by atoms with Gasteiger partial charge in [-0.2, -0.15) is 0 Å². The summed E-state index contributed by atoms with van der Waals surface area (Å²) in [7, 11) is 0. The highest BCUT2D eigenvalue weighted by Crippen LogP contribution is 2.15. The molecule has 0 aliphatic carbocycles. The molecule has 6 nitrogen and oxygen atoms in total. The second-order valence-electron chi connectivity index (χ2n) is 17.5. The molecule has 346 valence electrons. The number of ether oxygens (including phenoxy) is 1. The van der Waals surface area contributed by atoms with E-state index in [2.05, 4.69) is 55.6 Å². The Morgan fingerprint density at radius 3 is 1.32 bits per heavy atom. The lowest BCUT2D eigenvalue weighted by Crippen LogP contribution is -2.45. The normalized spacial score (nSPS) is 12.9. The van der Waals surface area contributed by atoms with Crippen LogP contribution in [0.4, 0.5) is 0 Å². The van der Waals surface area contributed by atoms with Crippen molar-refractivity contribution in [1.29, 1.82) is 0 Å². The molecule has 6 heteroatoms. The number of amides is 1. The molecule has 2 unspecified atom stereocenters. The lowest BCUT2D eigenvalue weighted by Gasteiger charge is -2.22. The van der Waals surface area contributed by atoms with Crippen molar-refractivity contribution >= 4 is 11.9 Å². The van der Waals surface area contributed by atoms with Crippen molar-refractivity contribution in [2.24, 2.45) is 0 Å². The van der Waals surface area contributed by atoms with Crippen LogP contribution in [0.2, 0.25) is 0 Å². The molecule has 0 heterocycles. The predicted molar refractivity (Wildman–Crippen MR) is 255 cm³/mol. The zero-order valence-electron chi connectivity index (χ0n) is 39.2. The monoisotopic (exact) mass is 830 g/mol. The van der Waals surface area contributed by atoms with Gasteiger partial charge in [-0.3, -0.25) is 9.59 Å². The van der Waals surface area contributed by atoms with Crippen LogP contribution in [0.15, 0.2) is 36.5 Å². The first-order valence-corrected chi connectivity index (χ1v) is 25.7. The quantitative estimate of drug-likeness (QED) is 0.0323. The van der Waals surface area contributed by atoms with Crippen molar-refractivity contribution in [3.05, 3.63) is 36.5 Å². The van der Waals surface area contributed by atoms with Crippen LogP contribution in [0.5, 0.6) is 0 Å². The third-order valence-electron chi connectivity index (χ3n) is 11.7. The maximum atomic E-state index is 12.4. The molecule has 0 aromatic carbocycles. The number of allylic oxidation sites excluding steroid dienone is 6. The van der Waals surface area contributed by atoms with E-state index in [1.807, 2.05) is 0 Å². The van der Waals surface area contributed by atoms with Gasteiger partial charge in [0.25, 0.3) is 0 Å². The lowest BCUT2D eigenvalue weighted by atomic mass is 10.0. The van der Waals surface area contributed by atoms with Gasteiger partial charge in [0.2, 0.25) is 5.91 Å². The Hall–Kier alpha value is -1.92. The topological polar surface area (TPSA) is 95.9 Å². The molecule has 0 aliphatic rings. The summed E-state index contributed by atoms with van der Waals surface area (Å²) in [6.45, 7) is 4.87. The van der Waals surface area contributed by atoms with Gasteiger partial charge in [-0.25, -0.2) is 0 Å². The molecule has 0 fully saturated rings. The lowest BCUT2D eigenvalue weighted by molar-refractivity contribution is -0.143. The van der Waals surface area contributed by atoms with E-state index in [0.717, 1.165) is 83.5 Å². The summed E-state index contributed by atoms with van der Waals surface area (Å²) in [5.41, 5.74) is 0. The van der Waals surface area contributed by atoms with Crippen molar-refractivity contribution < 1.29 is 24.5 Å². The number of hydrogen-bond acceptors (Lipinski definition) is 5. The Morgan fingerprint density at radius 2 is 0.847 bits per heavy atom. The number of nitrogens with one attached hydrogen (secondary N) is 1. The Labute approximate surface area is 366 Å². The van der Waals surface area contributed by atoms with Crippen molar-refractivity contribution in [2.45, 2.75) is 276 Å². The summed E-state index contributed by atoms with van der Waals surface area (Å²) in [4.78, 5) is 24.4. The highest BCUT2D eigenvalue weighted by molar-refractivity contribution is 5.76. The van der Waals surface area contributed by atoms with E-state index < -0.39 is 12.1 Å². The first kappa shape index (κ1) is 57.1. The van der Waals surface area contributed by atoms with Gasteiger partial charge in [0.15, 0.2) is 0 Å². The fourth-order valence-electron chi connectivity index (χ4n) is 7.66. The summed E-state index contributed by atoms with van der Waals surface area (Å²) in [6.07, 6.45) is 58.3. The van der Waals surface area contributed by atoms with Crippen LogP contribution in [0, 0.1) is 0 Å². The smallest absolute Gasteiger partial charge is 0.305 e. The standard InChI is InChI=1S/C53H99NO5/c1-3-5-7-9-11-13-15-22-27-31-35-39-43-47-53(58)59-48-44-40-36-32-28-24-21-19-17-18-20-23-26-30-34-38-42-46-52(57)54-50(49-55)51(56)45-41-37-33-29-25-16-14-12-10-8-6-4-2/h13,15,17,19,24,28,50-51,55-56H,3-12,14,16,18,20-23,25-27,29-49H2,1-2H3,(H,54,57)/b15-13-,19-17-,28-24-. The molecule has 0 rings (SSSR count). The first-order valence-electron chi connectivity index (χ1n) is 25.7. The van der Waals surface area contributed by atoms with Gasteiger partial charge in [-0.1, -0.05) is 198 Å². The summed E-state index contributed by atoms with van der Waals surface area (Å²) in [5, 5.41) is 23.1. The van der Waals surface area contributed by atoms with E-state index >= 15 is 0 Å². The van der Waals surface area contributed by atoms with E-state index in [4.69, 9.17) is 4.74 Å². The van der Waals surface area contributed by atoms with E-state index in [1.54, 1.807) is 0 Å². The van der Waals surface area contributed by atoms with Crippen LogP contribution in [0.1, 0.15) is 264 Å². The minimum Gasteiger partial charge on any atom is -0.466 e. The summed E-state index contributed by atoms with van der Waals surface area (Å²) >= 11 is 0. The highest BCUT2D eigenvalue weighted by Gasteiger charge is 2.20. The fourth-order valence-corrected chi connectivity index (χ4v) is 7.66. The molecule has 0 bridgehead atoms. The molecular weight excluding hydrogens is 731 g/mol. The van der Waals surface area contributed by atoms with E-state index in [-0.39, 0.29) is 18.5 Å². The van der Waals surface area contributed by atoms with Gasteiger partial charge in [-0.15, -0.1) is 0 Å². The van der Waals surface area contributed by atoms with Gasteiger partial charge in [0.05, 0.1) is 25.4 Å². The molecule has 59 heavy (non-hydrogen) atoms. The Bertz CT molecular complexity index is 962. The number of aliphatic hydroxyl groups is 2. The molecule has 0 spiro atoms. The average molecular weight is 830 g/mol. The first-order chi connectivity index (χ1) is 29.0. The van der Waals surface area contributed by atoms with Crippen LogP contribution < -0.4 is 5.32 Å². The van der Waals surface area contributed by atoms with Crippen LogP contribution >= 0.6 is 0 Å². The van der Waals surface area contributed by atoms with Crippen molar-refractivity contribution in [3.8, 4) is 0 Å². The number of carbonyl (C=O) groups is 2. The number of unbranched alkanes of at least 4 members (excludes halogenated alkanes) is 30. The summed E-state index contributed by atoms with van der Waals surface area (Å²) in [5.74, 6) is -0.0781. The number of carbonyl (C=O) groups excluding carboxylic acids is 2. The molecule has 0 radical (unpaired) electrons. The summed E-state index contributed by atoms with van der Waals surface area (Å²) in [6, 6.07) is -0.553. The molecule has 0 aromatic heterocycles. The SMILES string of the molecule is CCCCCC/C=C\CCCCCCCC(=O)OCCCCC/C=C\C/C=C\CCCCCCCCCC(=O)NC(CO)C(O)CCCCCCCCCCCCCC. The second kappa shape index (κ2) is 48.7. The van der Waals surface area contributed by atoms with Gasteiger partial charge in [0.1, 0.15) is 0 Å². The van der Waals surface area contributed by atoms with E-state index in [0.29, 0.717) is 25.9 Å². The Morgan fingerprint density at radius 1 is 0.475 bits per heavy atom. The van der Waals surface area contributed by atoms with Crippen molar-refractivity contribution in [3.63, 3.8) is 0 Å². The molecular formula is C53H99NO5. The molecule has 1 amide bonds. The molecule has 2 atom stereocenters. The summed E-state index contributed by atoms with van der Waals surface area (Å²) < 4.78 is 5.43. The number of rotatable bonds is 47. The number of esters is 1. The van der Waals surface area contributed by atoms with E-state index in [9.17, 15) is 19.8 Å². The molecule has 0 aromatic rings. The molecule has 0 aliphatic heterocycles. The van der Waals surface area contributed by atoms with Gasteiger partial charge >= 0.3 is 5.97 Å². The Balaban J connectivity index is 3.51. The Kier molecular flexibility index (Phi) is 47.2. The van der Waals surface area contributed by atoms with Gasteiger partial charge in [0, 0.05) is 12.8 Å². The average Bonchev–Trinajstić information content (AvgIpc) is 3.24. The maximum Gasteiger partial charge on any atom is 0.305 e. The number of hydrogen-bond donors (Lipinski definition) is 3. The molecule has 3 N–H and O–H groups in total. The minimum atomic E-state index is -0.674. The molecule has 0 saturated heterocycles. The van der Waals surface area contributed by atoms with Crippen LogP contribution in [-0.2, 0) is 14.3 Å². The zero-order chi connectivity index (χ0) is 43.0. The predicted octanol–water partition coefficient (Wildman–Crippen LogP) is 15.3. The van der Waals surface area contributed by atoms with E-state index in [1.165, 1.54) is 148 Å². The maximum absolute atomic E-state index is 12.4. The van der Waals surface area contributed by atoms with Gasteiger partial charge < -0.3 is 20.3 Å². The fraction of sp³-hybridized carbons (Fsp3) is 0.849. The van der Waals surface area contributed by atoms with Crippen LogP contribution in [-0.4, -0.2) is 47.4 Å². The van der Waals surface area contributed by atoms with Crippen LogP contribution in [0.3, 0.4) is 0 Å². The largest absolute Gasteiger partial charge is 0.466 e. The second-order valence-corrected chi connectivity index (χ2v) is 17.5.